The maximum Gasteiger partial charge on any atom is 0.315 e. The van der Waals surface area contributed by atoms with Crippen molar-refractivity contribution < 1.29 is 14.7 Å². The second kappa shape index (κ2) is 6.89. The standard InChI is InChI=1S/C14H21N3O3S/c1-10-16-11(9-21-10)8-15-13(20)17-14(7-12(18)19)5-3-2-4-6-14/h9H,2-8H2,1H3,(H,18,19)(H2,15,17,20). The molecule has 0 radical (unpaired) electrons. The van der Waals surface area contributed by atoms with Crippen LogP contribution in [0.4, 0.5) is 4.79 Å². The first-order chi connectivity index (χ1) is 9.99. The Morgan fingerprint density at radius 2 is 2.10 bits per heavy atom. The minimum Gasteiger partial charge on any atom is -0.481 e. The second-order valence-electron chi connectivity index (χ2n) is 5.58. The van der Waals surface area contributed by atoms with Gasteiger partial charge in [0.1, 0.15) is 0 Å². The second-order valence-corrected chi connectivity index (χ2v) is 6.64. The lowest BCUT2D eigenvalue weighted by Gasteiger charge is -2.36. The van der Waals surface area contributed by atoms with Gasteiger partial charge >= 0.3 is 12.0 Å². The van der Waals surface area contributed by atoms with Gasteiger partial charge in [0.15, 0.2) is 0 Å². The van der Waals surface area contributed by atoms with E-state index in [1.165, 1.54) is 11.3 Å². The third-order valence-electron chi connectivity index (χ3n) is 3.78. The number of aromatic nitrogens is 1. The molecular weight excluding hydrogens is 290 g/mol. The third kappa shape index (κ3) is 4.70. The minimum atomic E-state index is -0.868. The van der Waals surface area contributed by atoms with Crippen molar-refractivity contribution in [1.29, 1.82) is 0 Å². The molecule has 21 heavy (non-hydrogen) atoms. The van der Waals surface area contributed by atoms with Gasteiger partial charge in [-0.05, 0) is 19.8 Å². The van der Waals surface area contributed by atoms with Gasteiger partial charge in [-0.1, -0.05) is 19.3 Å². The number of amides is 2. The number of hydrogen-bond acceptors (Lipinski definition) is 4. The Morgan fingerprint density at radius 1 is 1.38 bits per heavy atom. The van der Waals surface area contributed by atoms with Gasteiger partial charge in [0.2, 0.25) is 0 Å². The van der Waals surface area contributed by atoms with Crippen molar-refractivity contribution in [2.45, 2.75) is 57.5 Å². The number of urea groups is 1. The topological polar surface area (TPSA) is 91.3 Å². The molecule has 116 valence electrons. The quantitative estimate of drug-likeness (QED) is 0.779. The Kier molecular flexibility index (Phi) is 5.17. The Bertz CT molecular complexity index is 509. The van der Waals surface area contributed by atoms with Gasteiger partial charge in [-0.3, -0.25) is 4.79 Å². The first-order valence-corrected chi connectivity index (χ1v) is 8.06. The van der Waals surface area contributed by atoms with Gasteiger partial charge in [-0.25, -0.2) is 9.78 Å². The summed E-state index contributed by atoms with van der Waals surface area (Å²) in [5, 5.41) is 17.6. The lowest BCUT2D eigenvalue weighted by atomic mass is 9.79. The molecule has 1 heterocycles. The highest BCUT2D eigenvalue weighted by Gasteiger charge is 2.35. The molecular formula is C14H21N3O3S. The van der Waals surface area contributed by atoms with Crippen LogP contribution in [0.1, 0.15) is 49.2 Å². The maximum atomic E-state index is 12.0. The van der Waals surface area contributed by atoms with Crippen LogP contribution in [-0.2, 0) is 11.3 Å². The summed E-state index contributed by atoms with van der Waals surface area (Å²) in [5.41, 5.74) is 0.218. The van der Waals surface area contributed by atoms with Crippen LogP contribution in [0.3, 0.4) is 0 Å². The summed E-state index contributed by atoms with van der Waals surface area (Å²) >= 11 is 1.54. The van der Waals surface area contributed by atoms with Crippen LogP contribution in [-0.4, -0.2) is 27.6 Å². The number of carbonyl (C=O) groups is 2. The minimum absolute atomic E-state index is 0.0176. The van der Waals surface area contributed by atoms with E-state index in [-0.39, 0.29) is 12.5 Å². The number of nitrogens with one attached hydrogen (secondary N) is 2. The van der Waals surface area contributed by atoms with Crippen LogP contribution in [0, 0.1) is 6.92 Å². The van der Waals surface area contributed by atoms with E-state index in [2.05, 4.69) is 15.6 Å². The molecule has 0 aliphatic heterocycles. The van der Waals surface area contributed by atoms with Crippen LogP contribution < -0.4 is 10.6 Å². The van der Waals surface area contributed by atoms with Crippen molar-refractivity contribution >= 4 is 23.3 Å². The van der Waals surface area contributed by atoms with E-state index in [9.17, 15) is 9.59 Å². The number of rotatable bonds is 5. The fourth-order valence-electron chi connectivity index (χ4n) is 2.81. The zero-order valence-corrected chi connectivity index (χ0v) is 13.0. The molecule has 1 saturated carbocycles. The smallest absolute Gasteiger partial charge is 0.315 e. The van der Waals surface area contributed by atoms with E-state index in [1.54, 1.807) is 0 Å². The SMILES string of the molecule is Cc1nc(CNC(=O)NC2(CC(=O)O)CCCCC2)cs1. The Hall–Kier alpha value is -1.63. The Balaban J connectivity index is 1.89. The molecule has 0 saturated heterocycles. The summed E-state index contributed by atoms with van der Waals surface area (Å²) in [6.45, 7) is 2.28. The molecule has 1 aliphatic rings. The van der Waals surface area contributed by atoms with Gasteiger partial charge in [0.05, 0.1) is 29.2 Å². The van der Waals surface area contributed by atoms with Crippen LogP contribution in [0.25, 0.3) is 0 Å². The van der Waals surface area contributed by atoms with Crippen molar-refractivity contribution in [3.63, 3.8) is 0 Å². The fraction of sp³-hybridized carbons (Fsp3) is 0.643. The zero-order chi connectivity index (χ0) is 15.3. The number of aryl methyl sites for hydroxylation is 1. The van der Waals surface area contributed by atoms with E-state index < -0.39 is 11.5 Å². The number of carboxylic acids is 1. The van der Waals surface area contributed by atoms with Crippen molar-refractivity contribution in [2.24, 2.45) is 0 Å². The molecule has 1 fully saturated rings. The summed E-state index contributed by atoms with van der Waals surface area (Å²) < 4.78 is 0. The summed E-state index contributed by atoms with van der Waals surface area (Å²) in [6, 6.07) is -0.316. The monoisotopic (exact) mass is 311 g/mol. The molecule has 0 unspecified atom stereocenters. The van der Waals surface area contributed by atoms with Crippen molar-refractivity contribution in [1.82, 2.24) is 15.6 Å². The molecule has 0 aromatic carbocycles. The van der Waals surface area contributed by atoms with Crippen molar-refractivity contribution in [3.05, 3.63) is 16.1 Å². The van der Waals surface area contributed by atoms with E-state index in [0.29, 0.717) is 6.54 Å². The third-order valence-corrected chi connectivity index (χ3v) is 4.60. The van der Waals surface area contributed by atoms with Crippen molar-refractivity contribution in [2.75, 3.05) is 0 Å². The highest BCUT2D eigenvalue weighted by Crippen LogP contribution is 2.31. The van der Waals surface area contributed by atoms with Gasteiger partial charge in [-0.2, -0.15) is 0 Å². The van der Waals surface area contributed by atoms with E-state index >= 15 is 0 Å². The lowest BCUT2D eigenvalue weighted by molar-refractivity contribution is -0.139. The fourth-order valence-corrected chi connectivity index (χ4v) is 3.42. The predicted molar refractivity (Wildman–Crippen MR) is 80.3 cm³/mol. The van der Waals surface area contributed by atoms with Gasteiger partial charge in [-0.15, -0.1) is 11.3 Å². The summed E-state index contributed by atoms with van der Waals surface area (Å²) in [5.74, 6) is -0.868. The normalized spacial score (nSPS) is 17.2. The number of carboxylic acid groups (broad SMARTS) is 1. The zero-order valence-electron chi connectivity index (χ0n) is 12.1. The number of aliphatic carboxylic acids is 1. The molecule has 0 atom stereocenters. The molecule has 1 aromatic rings. The highest BCUT2D eigenvalue weighted by molar-refractivity contribution is 7.09. The van der Waals surface area contributed by atoms with Crippen LogP contribution in [0.15, 0.2) is 5.38 Å². The van der Waals surface area contributed by atoms with Gasteiger partial charge in [0, 0.05) is 5.38 Å². The molecule has 0 bridgehead atoms. The number of carbonyl (C=O) groups excluding carboxylic acids is 1. The molecule has 3 N–H and O–H groups in total. The van der Waals surface area contributed by atoms with Crippen LogP contribution in [0.5, 0.6) is 0 Å². The molecule has 6 nitrogen and oxygen atoms in total. The molecule has 0 spiro atoms. The number of nitrogens with zero attached hydrogens (tertiary/aromatic N) is 1. The highest BCUT2D eigenvalue weighted by atomic mass is 32.1. The predicted octanol–water partition coefficient (Wildman–Crippen LogP) is 2.43. The summed E-state index contributed by atoms with van der Waals surface area (Å²) in [4.78, 5) is 27.4. The number of hydrogen-bond donors (Lipinski definition) is 3. The molecule has 1 aromatic heterocycles. The molecule has 1 aliphatic carbocycles. The van der Waals surface area contributed by atoms with Gasteiger partial charge in [0.25, 0.3) is 0 Å². The maximum absolute atomic E-state index is 12.0. The Labute approximate surface area is 128 Å². The van der Waals surface area contributed by atoms with Crippen LogP contribution in [0.2, 0.25) is 0 Å². The Morgan fingerprint density at radius 3 is 2.67 bits per heavy atom. The van der Waals surface area contributed by atoms with E-state index in [0.717, 1.165) is 42.8 Å². The average molecular weight is 311 g/mol. The van der Waals surface area contributed by atoms with Crippen molar-refractivity contribution in [3.8, 4) is 0 Å². The lowest BCUT2D eigenvalue weighted by Crippen LogP contribution is -2.54. The van der Waals surface area contributed by atoms with Gasteiger partial charge < -0.3 is 15.7 Å². The molecule has 2 rings (SSSR count). The number of thiazole rings is 1. The first-order valence-electron chi connectivity index (χ1n) is 7.18. The first kappa shape index (κ1) is 15.8. The molecule has 2 amide bonds. The van der Waals surface area contributed by atoms with E-state index in [4.69, 9.17) is 5.11 Å². The average Bonchev–Trinajstić information content (AvgIpc) is 2.82. The van der Waals surface area contributed by atoms with E-state index in [1.807, 2.05) is 12.3 Å². The summed E-state index contributed by atoms with van der Waals surface area (Å²) in [6.07, 6.45) is 4.45. The van der Waals surface area contributed by atoms with Crippen LogP contribution >= 0.6 is 11.3 Å². The summed E-state index contributed by atoms with van der Waals surface area (Å²) in [7, 11) is 0. The largest absolute Gasteiger partial charge is 0.481 e. The molecule has 7 heteroatoms.